The molecule has 168 valence electrons. The fourth-order valence-corrected chi connectivity index (χ4v) is 4.25. The molecule has 3 aromatic carbocycles. The lowest BCUT2D eigenvalue weighted by Crippen LogP contribution is -2.33. The molecule has 1 atom stereocenters. The second kappa shape index (κ2) is 11.0. The van der Waals surface area contributed by atoms with Gasteiger partial charge in [0.15, 0.2) is 0 Å². The molecule has 1 N–H and O–H groups in total. The minimum absolute atomic E-state index is 0.0723. The Bertz CT molecular complexity index is 968. The Morgan fingerprint density at radius 3 is 2.38 bits per heavy atom. The number of hydrogen-bond donors (Lipinski definition) is 1. The second-order valence-corrected chi connectivity index (χ2v) is 7.99. The predicted molar refractivity (Wildman–Crippen MR) is 128 cm³/mol. The van der Waals surface area contributed by atoms with Crippen molar-refractivity contribution in [2.45, 2.75) is 19.1 Å². The van der Waals surface area contributed by atoms with Gasteiger partial charge in [0.1, 0.15) is 23.9 Å². The van der Waals surface area contributed by atoms with E-state index in [1.807, 2.05) is 30.3 Å². The van der Waals surface area contributed by atoms with Crippen LogP contribution in [-0.2, 0) is 6.61 Å². The van der Waals surface area contributed by atoms with Crippen molar-refractivity contribution in [3.63, 3.8) is 0 Å². The summed E-state index contributed by atoms with van der Waals surface area (Å²) in [6.45, 7) is 4.57. The summed E-state index contributed by atoms with van der Waals surface area (Å²) >= 11 is 0. The fourth-order valence-electron chi connectivity index (χ4n) is 4.25. The van der Waals surface area contributed by atoms with Gasteiger partial charge < -0.3 is 19.5 Å². The van der Waals surface area contributed by atoms with E-state index in [4.69, 9.17) is 14.2 Å². The highest BCUT2D eigenvalue weighted by molar-refractivity contribution is 5.47. The van der Waals surface area contributed by atoms with Gasteiger partial charge in [0.05, 0.1) is 20.3 Å². The number of ether oxygens (including phenoxy) is 3. The highest BCUT2D eigenvalue weighted by Crippen LogP contribution is 2.37. The number of nitrogens with one attached hydrogen (secondary N) is 1. The molecular formula is C27H32N2O3. The number of benzene rings is 3. The molecule has 5 heteroatoms. The monoisotopic (exact) mass is 432 g/mol. The number of rotatable bonds is 8. The van der Waals surface area contributed by atoms with Crippen LogP contribution in [0.3, 0.4) is 0 Å². The summed E-state index contributed by atoms with van der Waals surface area (Å²) in [6, 6.07) is 24.8. The van der Waals surface area contributed by atoms with Crippen molar-refractivity contribution in [3.8, 4) is 17.2 Å². The Morgan fingerprint density at radius 1 is 0.844 bits per heavy atom. The van der Waals surface area contributed by atoms with Gasteiger partial charge in [0.2, 0.25) is 0 Å². The van der Waals surface area contributed by atoms with Gasteiger partial charge in [-0.05, 0) is 54.4 Å². The van der Waals surface area contributed by atoms with E-state index in [0.717, 1.165) is 61.0 Å². The molecule has 1 heterocycles. The van der Waals surface area contributed by atoms with Crippen LogP contribution in [0.2, 0.25) is 0 Å². The maximum Gasteiger partial charge on any atom is 0.124 e. The molecule has 1 fully saturated rings. The Hall–Kier alpha value is -3.02. The number of hydrogen-bond acceptors (Lipinski definition) is 5. The zero-order valence-electron chi connectivity index (χ0n) is 18.9. The van der Waals surface area contributed by atoms with Crippen molar-refractivity contribution in [3.05, 3.63) is 89.5 Å². The lowest BCUT2D eigenvalue weighted by molar-refractivity contribution is 0.235. The third-order valence-corrected chi connectivity index (χ3v) is 5.92. The van der Waals surface area contributed by atoms with E-state index in [0.29, 0.717) is 6.61 Å². The standard InChI is InChI=1S/C27H32N2O3/c1-30-24-13-14-26(31-2)25(19-24)27(29-17-6-15-28-16-18-29)22-9-11-23(12-10-22)32-20-21-7-4-3-5-8-21/h3-5,7-14,19,27-28H,6,15-18,20H2,1-2H3. The van der Waals surface area contributed by atoms with Crippen LogP contribution in [0.4, 0.5) is 0 Å². The van der Waals surface area contributed by atoms with Crippen LogP contribution in [0.1, 0.15) is 29.2 Å². The van der Waals surface area contributed by atoms with Crippen LogP contribution in [0.5, 0.6) is 17.2 Å². The molecule has 1 saturated heterocycles. The van der Waals surface area contributed by atoms with Crippen LogP contribution >= 0.6 is 0 Å². The van der Waals surface area contributed by atoms with Crippen molar-refractivity contribution >= 4 is 0 Å². The van der Waals surface area contributed by atoms with Gasteiger partial charge in [-0.3, -0.25) is 4.90 Å². The third-order valence-electron chi connectivity index (χ3n) is 5.92. The van der Waals surface area contributed by atoms with E-state index >= 15 is 0 Å². The topological polar surface area (TPSA) is 43.0 Å². The van der Waals surface area contributed by atoms with Crippen LogP contribution in [0.25, 0.3) is 0 Å². The zero-order valence-corrected chi connectivity index (χ0v) is 18.9. The Labute approximate surface area is 190 Å². The molecule has 0 bridgehead atoms. The summed E-state index contributed by atoms with van der Waals surface area (Å²) in [5.41, 5.74) is 3.49. The highest BCUT2D eigenvalue weighted by atomic mass is 16.5. The number of methoxy groups -OCH3 is 2. The van der Waals surface area contributed by atoms with Crippen molar-refractivity contribution in [1.82, 2.24) is 10.2 Å². The van der Waals surface area contributed by atoms with Gasteiger partial charge in [-0.1, -0.05) is 42.5 Å². The maximum atomic E-state index is 6.01. The molecule has 0 radical (unpaired) electrons. The first kappa shape index (κ1) is 22.2. The van der Waals surface area contributed by atoms with Gasteiger partial charge >= 0.3 is 0 Å². The van der Waals surface area contributed by atoms with Gasteiger partial charge in [-0.2, -0.15) is 0 Å². The molecule has 0 aliphatic carbocycles. The molecule has 0 spiro atoms. The van der Waals surface area contributed by atoms with Gasteiger partial charge in [0.25, 0.3) is 0 Å². The number of nitrogens with zero attached hydrogens (tertiary/aromatic N) is 1. The summed E-state index contributed by atoms with van der Waals surface area (Å²) in [6.07, 6.45) is 1.11. The maximum absolute atomic E-state index is 6.01. The molecule has 5 nitrogen and oxygen atoms in total. The zero-order chi connectivity index (χ0) is 22.2. The highest BCUT2D eigenvalue weighted by Gasteiger charge is 2.26. The Balaban J connectivity index is 1.63. The first-order chi connectivity index (χ1) is 15.8. The van der Waals surface area contributed by atoms with Crippen molar-refractivity contribution in [1.29, 1.82) is 0 Å². The average molecular weight is 433 g/mol. The van der Waals surface area contributed by atoms with E-state index in [2.05, 4.69) is 52.7 Å². The first-order valence-electron chi connectivity index (χ1n) is 11.2. The molecule has 3 aromatic rings. The van der Waals surface area contributed by atoms with Gasteiger partial charge in [0, 0.05) is 25.2 Å². The van der Waals surface area contributed by atoms with Crippen LogP contribution in [0.15, 0.2) is 72.8 Å². The van der Waals surface area contributed by atoms with Crippen LogP contribution in [0, 0.1) is 0 Å². The van der Waals surface area contributed by atoms with Crippen molar-refractivity contribution < 1.29 is 14.2 Å². The van der Waals surface area contributed by atoms with E-state index in [-0.39, 0.29) is 6.04 Å². The predicted octanol–water partition coefficient (Wildman–Crippen LogP) is 4.67. The first-order valence-corrected chi connectivity index (χ1v) is 11.2. The summed E-state index contributed by atoms with van der Waals surface area (Å²) in [4.78, 5) is 2.52. The molecule has 4 rings (SSSR count). The summed E-state index contributed by atoms with van der Waals surface area (Å²) < 4.78 is 17.3. The average Bonchev–Trinajstić information content (AvgIpc) is 3.14. The smallest absolute Gasteiger partial charge is 0.124 e. The minimum atomic E-state index is 0.0723. The van der Waals surface area contributed by atoms with Gasteiger partial charge in [-0.15, -0.1) is 0 Å². The normalized spacial score (nSPS) is 15.6. The van der Waals surface area contributed by atoms with Gasteiger partial charge in [-0.25, -0.2) is 0 Å². The Kier molecular flexibility index (Phi) is 7.64. The molecular weight excluding hydrogens is 400 g/mol. The molecule has 0 aromatic heterocycles. The molecule has 0 amide bonds. The van der Waals surface area contributed by atoms with E-state index in [1.54, 1.807) is 14.2 Å². The summed E-state index contributed by atoms with van der Waals surface area (Å²) in [5.74, 6) is 2.57. The lowest BCUT2D eigenvalue weighted by Gasteiger charge is -2.32. The third kappa shape index (κ3) is 5.42. The summed E-state index contributed by atoms with van der Waals surface area (Å²) in [7, 11) is 3.43. The largest absolute Gasteiger partial charge is 0.497 e. The van der Waals surface area contributed by atoms with E-state index in [1.165, 1.54) is 5.56 Å². The quantitative estimate of drug-likeness (QED) is 0.560. The van der Waals surface area contributed by atoms with E-state index < -0.39 is 0 Å². The van der Waals surface area contributed by atoms with Crippen molar-refractivity contribution in [2.75, 3.05) is 40.4 Å². The Morgan fingerprint density at radius 2 is 1.62 bits per heavy atom. The molecule has 32 heavy (non-hydrogen) atoms. The fraction of sp³-hybridized carbons (Fsp3) is 0.333. The summed E-state index contributed by atoms with van der Waals surface area (Å²) in [5, 5.41) is 3.51. The molecule has 0 saturated carbocycles. The molecule has 1 aliphatic rings. The molecule has 1 aliphatic heterocycles. The second-order valence-electron chi connectivity index (χ2n) is 7.99. The van der Waals surface area contributed by atoms with Crippen LogP contribution < -0.4 is 19.5 Å². The van der Waals surface area contributed by atoms with Crippen molar-refractivity contribution in [2.24, 2.45) is 0 Å². The lowest BCUT2D eigenvalue weighted by atomic mass is 9.95. The van der Waals surface area contributed by atoms with E-state index in [9.17, 15) is 0 Å². The SMILES string of the molecule is COc1ccc(OC)c(C(c2ccc(OCc3ccccc3)cc2)N2CCCNCC2)c1. The molecule has 1 unspecified atom stereocenters. The van der Waals surface area contributed by atoms with Crippen LogP contribution in [-0.4, -0.2) is 45.3 Å². The minimum Gasteiger partial charge on any atom is -0.497 e.